The molecule has 3 unspecified atom stereocenters. The molecule has 1 fully saturated rings. The van der Waals surface area contributed by atoms with Crippen LogP contribution in [-0.4, -0.2) is 21.7 Å². The van der Waals surface area contributed by atoms with Gasteiger partial charge in [0.2, 0.25) is 5.43 Å². The molecule has 1 saturated carbocycles. The van der Waals surface area contributed by atoms with Gasteiger partial charge in [0.25, 0.3) is 5.91 Å². The number of aryl methyl sites for hydroxylation is 1. The lowest BCUT2D eigenvalue weighted by atomic mass is 9.78. The number of nitrogens with zero attached hydrogens (tertiary/aromatic N) is 2. The van der Waals surface area contributed by atoms with Gasteiger partial charge in [0, 0.05) is 17.8 Å². The molecule has 1 aliphatic carbocycles. The van der Waals surface area contributed by atoms with E-state index in [4.69, 9.17) is 0 Å². The lowest BCUT2D eigenvalue weighted by Crippen LogP contribution is -2.45. The Morgan fingerprint density at radius 1 is 1.21 bits per heavy atom. The van der Waals surface area contributed by atoms with E-state index >= 15 is 0 Å². The number of hydrogen-bond donors (Lipinski definition) is 1. The van der Waals surface area contributed by atoms with E-state index in [9.17, 15) is 22.8 Å². The molecule has 8 heteroatoms. The standard InChI is InChI=1S/C21H24F3N3O2/c1-12-6-4-9-17(14(12)3)25-20(29)19-18(28)10-13(2)27(26-19)16-8-5-7-15(11-16)21(22,23)24/h5,7-8,10-12,14,17H,4,6,9H2,1-3H3,(H,25,29). The molecule has 3 rings (SSSR count). The summed E-state index contributed by atoms with van der Waals surface area (Å²) >= 11 is 0. The summed E-state index contributed by atoms with van der Waals surface area (Å²) in [5.74, 6) is 0.132. The molecule has 3 atom stereocenters. The van der Waals surface area contributed by atoms with Crippen LogP contribution in [0.2, 0.25) is 0 Å². The first kappa shape index (κ1) is 21.1. The van der Waals surface area contributed by atoms with Crippen molar-refractivity contribution in [3.63, 3.8) is 0 Å². The average Bonchev–Trinajstić information content (AvgIpc) is 2.65. The maximum absolute atomic E-state index is 13.0. The fourth-order valence-corrected chi connectivity index (χ4v) is 3.80. The summed E-state index contributed by atoms with van der Waals surface area (Å²) in [6, 6.07) is 5.78. The third-order valence-corrected chi connectivity index (χ3v) is 5.76. The fourth-order valence-electron chi connectivity index (χ4n) is 3.80. The number of aromatic nitrogens is 2. The minimum atomic E-state index is -4.50. The molecule has 156 valence electrons. The Morgan fingerprint density at radius 3 is 2.62 bits per heavy atom. The summed E-state index contributed by atoms with van der Waals surface area (Å²) in [5, 5.41) is 6.99. The number of rotatable bonds is 3. The largest absolute Gasteiger partial charge is 0.416 e. The highest BCUT2D eigenvalue weighted by atomic mass is 19.4. The number of carbonyl (C=O) groups excluding carboxylic acids is 1. The second-order valence-corrected chi connectivity index (χ2v) is 7.81. The third kappa shape index (κ3) is 4.52. The predicted octanol–water partition coefficient (Wildman–Crippen LogP) is 4.11. The van der Waals surface area contributed by atoms with E-state index in [1.54, 1.807) is 6.92 Å². The van der Waals surface area contributed by atoms with Crippen LogP contribution >= 0.6 is 0 Å². The molecule has 1 N–H and O–H groups in total. The van der Waals surface area contributed by atoms with Gasteiger partial charge in [-0.05, 0) is 43.4 Å². The van der Waals surface area contributed by atoms with Crippen molar-refractivity contribution in [2.45, 2.75) is 52.3 Å². The zero-order valence-corrected chi connectivity index (χ0v) is 16.6. The third-order valence-electron chi connectivity index (χ3n) is 5.76. The van der Waals surface area contributed by atoms with Crippen LogP contribution in [0.5, 0.6) is 0 Å². The van der Waals surface area contributed by atoms with Gasteiger partial charge >= 0.3 is 6.18 Å². The molecule has 29 heavy (non-hydrogen) atoms. The molecule has 0 spiro atoms. The lowest BCUT2D eigenvalue weighted by Gasteiger charge is -2.34. The van der Waals surface area contributed by atoms with Gasteiger partial charge < -0.3 is 5.32 Å². The van der Waals surface area contributed by atoms with Crippen LogP contribution in [0.15, 0.2) is 35.1 Å². The van der Waals surface area contributed by atoms with Crippen LogP contribution in [-0.2, 0) is 6.18 Å². The number of hydrogen-bond acceptors (Lipinski definition) is 3. The van der Waals surface area contributed by atoms with Gasteiger partial charge in [-0.2, -0.15) is 18.3 Å². The molecular weight excluding hydrogens is 383 g/mol. The van der Waals surface area contributed by atoms with Crippen molar-refractivity contribution in [3.05, 3.63) is 57.5 Å². The number of halogens is 3. The lowest BCUT2D eigenvalue weighted by molar-refractivity contribution is -0.137. The van der Waals surface area contributed by atoms with Gasteiger partial charge in [0.15, 0.2) is 5.69 Å². The molecule has 1 aliphatic rings. The highest BCUT2D eigenvalue weighted by molar-refractivity contribution is 5.92. The molecule has 1 aromatic heterocycles. The zero-order chi connectivity index (χ0) is 21.3. The Balaban J connectivity index is 1.94. The van der Waals surface area contributed by atoms with Crippen molar-refractivity contribution in [1.29, 1.82) is 0 Å². The molecular formula is C21H24F3N3O2. The fraction of sp³-hybridized carbons (Fsp3) is 0.476. The normalized spacial score (nSPS) is 22.3. The second kappa shape index (κ2) is 8.00. The minimum absolute atomic E-state index is 0.0595. The van der Waals surface area contributed by atoms with E-state index in [-0.39, 0.29) is 23.3 Å². The average molecular weight is 407 g/mol. The topological polar surface area (TPSA) is 64.0 Å². The first-order chi connectivity index (χ1) is 13.6. The maximum atomic E-state index is 13.0. The molecule has 1 heterocycles. The summed E-state index contributed by atoms with van der Waals surface area (Å²) in [6.45, 7) is 5.76. The molecule has 0 aliphatic heterocycles. The van der Waals surface area contributed by atoms with Crippen LogP contribution in [0.4, 0.5) is 13.2 Å². The summed E-state index contributed by atoms with van der Waals surface area (Å²) in [4.78, 5) is 25.1. The van der Waals surface area contributed by atoms with Gasteiger partial charge in [-0.1, -0.05) is 32.8 Å². The highest BCUT2D eigenvalue weighted by Gasteiger charge is 2.31. The predicted molar refractivity (Wildman–Crippen MR) is 103 cm³/mol. The summed E-state index contributed by atoms with van der Waals surface area (Å²) in [6.07, 6.45) is -1.59. The second-order valence-electron chi connectivity index (χ2n) is 7.81. The SMILES string of the molecule is Cc1cc(=O)c(C(=O)NC2CCCC(C)C2C)nn1-c1cccc(C(F)(F)F)c1. The van der Waals surface area contributed by atoms with E-state index in [0.29, 0.717) is 11.6 Å². The van der Waals surface area contributed by atoms with Gasteiger partial charge in [0.1, 0.15) is 0 Å². The quantitative estimate of drug-likeness (QED) is 0.833. The number of alkyl halides is 3. The van der Waals surface area contributed by atoms with E-state index in [0.717, 1.165) is 31.4 Å². The van der Waals surface area contributed by atoms with Crippen molar-refractivity contribution in [3.8, 4) is 5.69 Å². The van der Waals surface area contributed by atoms with Gasteiger partial charge in [-0.3, -0.25) is 9.59 Å². The highest BCUT2D eigenvalue weighted by Crippen LogP contribution is 2.31. The van der Waals surface area contributed by atoms with Crippen LogP contribution in [0.1, 0.15) is 54.9 Å². The number of benzene rings is 1. The first-order valence-electron chi connectivity index (χ1n) is 9.67. The number of carbonyl (C=O) groups is 1. The van der Waals surface area contributed by atoms with Gasteiger partial charge in [0.05, 0.1) is 11.3 Å². The summed E-state index contributed by atoms with van der Waals surface area (Å²) in [5.41, 5.74) is -1.24. The molecule has 1 amide bonds. The summed E-state index contributed by atoms with van der Waals surface area (Å²) < 4.78 is 40.3. The Morgan fingerprint density at radius 2 is 1.93 bits per heavy atom. The summed E-state index contributed by atoms with van der Waals surface area (Å²) in [7, 11) is 0. The van der Waals surface area contributed by atoms with Crippen molar-refractivity contribution in [2.75, 3.05) is 0 Å². The Bertz CT molecular complexity index is 968. The van der Waals surface area contributed by atoms with E-state index < -0.39 is 23.1 Å². The first-order valence-corrected chi connectivity index (χ1v) is 9.67. The molecule has 5 nitrogen and oxygen atoms in total. The molecule has 0 bridgehead atoms. The molecule has 0 radical (unpaired) electrons. The van der Waals surface area contributed by atoms with E-state index in [2.05, 4.69) is 24.3 Å². The Kier molecular flexibility index (Phi) is 5.82. The van der Waals surface area contributed by atoms with Crippen LogP contribution < -0.4 is 10.7 Å². The maximum Gasteiger partial charge on any atom is 0.416 e. The van der Waals surface area contributed by atoms with Crippen molar-refractivity contribution in [1.82, 2.24) is 15.1 Å². The van der Waals surface area contributed by atoms with Crippen LogP contribution in [0.3, 0.4) is 0 Å². The number of amides is 1. The molecule has 0 saturated heterocycles. The van der Waals surface area contributed by atoms with Crippen molar-refractivity contribution in [2.24, 2.45) is 11.8 Å². The van der Waals surface area contributed by atoms with Crippen LogP contribution in [0.25, 0.3) is 5.69 Å². The zero-order valence-electron chi connectivity index (χ0n) is 16.6. The number of nitrogens with one attached hydrogen (secondary N) is 1. The molecule has 1 aromatic carbocycles. The van der Waals surface area contributed by atoms with Crippen molar-refractivity contribution < 1.29 is 18.0 Å². The van der Waals surface area contributed by atoms with Gasteiger partial charge in [-0.25, -0.2) is 4.68 Å². The van der Waals surface area contributed by atoms with E-state index in [1.165, 1.54) is 22.9 Å². The van der Waals surface area contributed by atoms with E-state index in [1.807, 2.05) is 0 Å². The minimum Gasteiger partial charge on any atom is -0.348 e. The Labute approximate surface area is 166 Å². The van der Waals surface area contributed by atoms with Crippen LogP contribution in [0, 0.1) is 18.8 Å². The Hall–Kier alpha value is -2.64. The van der Waals surface area contributed by atoms with Crippen molar-refractivity contribution >= 4 is 5.91 Å². The van der Waals surface area contributed by atoms with Gasteiger partial charge in [-0.15, -0.1) is 0 Å². The monoisotopic (exact) mass is 407 g/mol. The smallest absolute Gasteiger partial charge is 0.348 e. The molecule has 2 aromatic rings.